The lowest BCUT2D eigenvalue weighted by atomic mass is 9.92. The van der Waals surface area contributed by atoms with E-state index in [1.807, 2.05) is 31.2 Å². The second-order valence-electron chi connectivity index (χ2n) is 6.06. The fraction of sp³-hybridized carbons (Fsp3) is 0.412. The van der Waals surface area contributed by atoms with Gasteiger partial charge in [-0.3, -0.25) is 9.59 Å². The van der Waals surface area contributed by atoms with E-state index >= 15 is 0 Å². The molecule has 2 unspecified atom stereocenters. The zero-order valence-corrected chi connectivity index (χ0v) is 14.4. The summed E-state index contributed by atoms with van der Waals surface area (Å²) in [5, 5.41) is 9.21. The minimum absolute atomic E-state index is 0.0444. The van der Waals surface area contributed by atoms with E-state index in [0.29, 0.717) is 18.4 Å². The van der Waals surface area contributed by atoms with Gasteiger partial charge in [-0.05, 0) is 44.0 Å². The number of aliphatic carboxylic acids is 1. The third-order valence-corrected chi connectivity index (χ3v) is 4.94. The highest BCUT2D eigenvalue weighted by Crippen LogP contribution is 2.31. The van der Waals surface area contributed by atoms with Crippen molar-refractivity contribution in [2.75, 3.05) is 13.2 Å². The first kappa shape index (κ1) is 16.1. The Balaban J connectivity index is 1.83. The number of halogens is 1. The number of ether oxygens (including phenoxy) is 1. The normalized spacial score (nSPS) is 23.6. The third-order valence-electron chi connectivity index (χ3n) is 4.45. The van der Waals surface area contributed by atoms with Crippen molar-refractivity contribution < 1.29 is 19.4 Å². The molecule has 1 amide bonds. The van der Waals surface area contributed by atoms with Crippen molar-refractivity contribution in [3.05, 3.63) is 33.8 Å². The van der Waals surface area contributed by atoms with Crippen molar-refractivity contribution in [2.24, 2.45) is 5.92 Å². The van der Waals surface area contributed by atoms with E-state index in [9.17, 15) is 14.7 Å². The summed E-state index contributed by atoms with van der Waals surface area (Å²) in [7, 11) is 0. The maximum absolute atomic E-state index is 12.8. The van der Waals surface area contributed by atoms with Crippen molar-refractivity contribution in [1.29, 1.82) is 0 Å². The van der Waals surface area contributed by atoms with Crippen LogP contribution in [0.15, 0.2) is 28.2 Å². The van der Waals surface area contributed by atoms with Gasteiger partial charge in [-0.25, -0.2) is 0 Å². The number of carboxylic acid groups (broad SMARTS) is 1. The molecule has 5 nitrogen and oxygen atoms in total. The number of fused-ring (bicyclic) bond motifs is 1. The van der Waals surface area contributed by atoms with Crippen LogP contribution < -0.4 is 4.74 Å². The molecule has 23 heavy (non-hydrogen) atoms. The van der Waals surface area contributed by atoms with Crippen molar-refractivity contribution in [1.82, 2.24) is 4.90 Å². The fourth-order valence-corrected chi connectivity index (χ4v) is 3.43. The van der Waals surface area contributed by atoms with Gasteiger partial charge in [0.25, 0.3) is 5.91 Å². The standard InChI is InChI=1S/C17H18BrNO4/c1-10-2-3-11(17(21)22)8-19(10)16(20)13-6-12-7-14(18)4-5-15(12)23-9-13/h4-7,10-11H,2-3,8-9H2,1H3,(H,21,22). The van der Waals surface area contributed by atoms with E-state index in [2.05, 4.69) is 15.9 Å². The molecule has 1 aromatic rings. The topological polar surface area (TPSA) is 66.8 Å². The maximum atomic E-state index is 12.8. The van der Waals surface area contributed by atoms with Crippen LogP contribution in [0.1, 0.15) is 25.3 Å². The van der Waals surface area contributed by atoms with E-state index in [1.54, 1.807) is 4.90 Å². The highest BCUT2D eigenvalue weighted by atomic mass is 79.9. The smallest absolute Gasteiger partial charge is 0.308 e. The molecule has 0 aromatic heterocycles. The summed E-state index contributed by atoms with van der Waals surface area (Å²) in [4.78, 5) is 25.7. The van der Waals surface area contributed by atoms with Crippen LogP contribution in [-0.4, -0.2) is 41.1 Å². The molecule has 2 atom stereocenters. The number of amides is 1. The van der Waals surface area contributed by atoms with Gasteiger partial charge in [-0.2, -0.15) is 0 Å². The molecule has 6 heteroatoms. The molecule has 0 spiro atoms. The van der Waals surface area contributed by atoms with Gasteiger partial charge in [-0.15, -0.1) is 0 Å². The Hall–Kier alpha value is -1.82. The number of carboxylic acids is 1. The number of carbonyl (C=O) groups excluding carboxylic acids is 1. The van der Waals surface area contributed by atoms with Crippen molar-refractivity contribution in [3.63, 3.8) is 0 Å². The molecule has 1 N–H and O–H groups in total. The zero-order chi connectivity index (χ0) is 16.6. The monoisotopic (exact) mass is 379 g/mol. The SMILES string of the molecule is CC1CCC(C(=O)O)CN1C(=O)C1=Cc2cc(Br)ccc2OC1. The number of hydrogen-bond donors (Lipinski definition) is 1. The Morgan fingerprint density at radius 2 is 2.13 bits per heavy atom. The predicted molar refractivity (Wildman–Crippen MR) is 89.1 cm³/mol. The van der Waals surface area contributed by atoms with Crippen LogP contribution >= 0.6 is 15.9 Å². The minimum Gasteiger partial charge on any atom is -0.488 e. The Kier molecular flexibility index (Phi) is 4.43. The molecule has 0 bridgehead atoms. The average Bonchev–Trinajstić information content (AvgIpc) is 2.53. The molecule has 2 aliphatic rings. The molecule has 1 fully saturated rings. The van der Waals surface area contributed by atoms with Crippen molar-refractivity contribution in [3.8, 4) is 5.75 Å². The summed E-state index contributed by atoms with van der Waals surface area (Å²) in [6.07, 6.45) is 3.16. The van der Waals surface area contributed by atoms with Gasteiger partial charge < -0.3 is 14.7 Å². The molecule has 0 saturated carbocycles. The average molecular weight is 380 g/mol. The molecular formula is C17H18BrNO4. The first-order chi connectivity index (χ1) is 11.0. The van der Waals surface area contributed by atoms with Crippen LogP contribution in [0.25, 0.3) is 6.08 Å². The summed E-state index contributed by atoms with van der Waals surface area (Å²) in [6.45, 7) is 2.44. The summed E-state index contributed by atoms with van der Waals surface area (Å²) in [6, 6.07) is 5.70. The zero-order valence-electron chi connectivity index (χ0n) is 12.8. The number of rotatable bonds is 2. The van der Waals surface area contributed by atoms with Crippen LogP contribution in [0.4, 0.5) is 0 Å². The fourth-order valence-electron chi connectivity index (χ4n) is 3.05. The number of benzene rings is 1. The Labute approximate surface area is 143 Å². The predicted octanol–water partition coefficient (Wildman–Crippen LogP) is 2.94. The highest BCUT2D eigenvalue weighted by Gasteiger charge is 2.34. The molecule has 0 radical (unpaired) electrons. The summed E-state index contributed by atoms with van der Waals surface area (Å²) >= 11 is 3.41. The molecular weight excluding hydrogens is 362 g/mol. The van der Waals surface area contributed by atoms with Crippen LogP contribution in [-0.2, 0) is 9.59 Å². The Morgan fingerprint density at radius 3 is 2.87 bits per heavy atom. The second-order valence-corrected chi connectivity index (χ2v) is 6.98. The van der Waals surface area contributed by atoms with Gasteiger partial charge in [0.15, 0.2) is 0 Å². The van der Waals surface area contributed by atoms with E-state index in [1.165, 1.54) is 0 Å². The van der Waals surface area contributed by atoms with E-state index in [0.717, 1.165) is 15.8 Å². The largest absolute Gasteiger partial charge is 0.488 e. The summed E-state index contributed by atoms with van der Waals surface area (Å²) in [5.41, 5.74) is 1.42. The molecule has 3 rings (SSSR count). The lowest BCUT2D eigenvalue weighted by Gasteiger charge is -2.37. The molecule has 1 saturated heterocycles. The Bertz CT molecular complexity index is 685. The first-order valence-corrected chi connectivity index (χ1v) is 8.41. The lowest BCUT2D eigenvalue weighted by molar-refractivity contribution is -0.146. The summed E-state index contributed by atoms with van der Waals surface area (Å²) in [5.74, 6) is -0.700. The molecule has 0 aliphatic carbocycles. The first-order valence-electron chi connectivity index (χ1n) is 7.62. The van der Waals surface area contributed by atoms with Crippen LogP contribution in [0.3, 0.4) is 0 Å². The second kappa shape index (κ2) is 6.35. The van der Waals surface area contributed by atoms with E-state index in [4.69, 9.17) is 4.74 Å². The number of carbonyl (C=O) groups is 2. The van der Waals surface area contributed by atoms with Gasteiger partial charge in [0.05, 0.1) is 11.5 Å². The number of likely N-dealkylation sites (tertiary alicyclic amines) is 1. The van der Waals surface area contributed by atoms with E-state index < -0.39 is 11.9 Å². The lowest BCUT2D eigenvalue weighted by Crippen LogP contribution is -2.48. The van der Waals surface area contributed by atoms with Crippen molar-refractivity contribution in [2.45, 2.75) is 25.8 Å². The molecule has 2 heterocycles. The minimum atomic E-state index is -0.835. The number of nitrogens with zero attached hydrogens (tertiary/aromatic N) is 1. The quantitative estimate of drug-likeness (QED) is 0.857. The molecule has 122 valence electrons. The number of piperidine rings is 1. The highest BCUT2D eigenvalue weighted by molar-refractivity contribution is 9.10. The molecule has 1 aromatic carbocycles. The maximum Gasteiger partial charge on any atom is 0.308 e. The van der Waals surface area contributed by atoms with Gasteiger partial charge in [0.2, 0.25) is 0 Å². The van der Waals surface area contributed by atoms with Gasteiger partial charge in [0, 0.05) is 22.6 Å². The van der Waals surface area contributed by atoms with Crippen molar-refractivity contribution >= 4 is 33.9 Å². The third kappa shape index (κ3) is 3.27. The Morgan fingerprint density at radius 1 is 1.35 bits per heavy atom. The van der Waals surface area contributed by atoms with E-state index in [-0.39, 0.29) is 25.1 Å². The summed E-state index contributed by atoms with van der Waals surface area (Å²) < 4.78 is 6.58. The van der Waals surface area contributed by atoms with Crippen LogP contribution in [0.5, 0.6) is 5.75 Å². The number of hydrogen-bond acceptors (Lipinski definition) is 3. The molecule has 2 aliphatic heterocycles. The van der Waals surface area contributed by atoms with Gasteiger partial charge in [-0.1, -0.05) is 15.9 Å². The van der Waals surface area contributed by atoms with Crippen LogP contribution in [0, 0.1) is 5.92 Å². The van der Waals surface area contributed by atoms with Crippen LogP contribution in [0.2, 0.25) is 0 Å². The van der Waals surface area contributed by atoms with Gasteiger partial charge >= 0.3 is 5.97 Å². The van der Waals surface area contributed by atoms with Gasteiger partial charge in [0.1, 0.15) is 12.4 Å².